The number of benzene rings is 1. The summed E-state index contributed by atoms with van der Waals surface area (Å²) in [6.07, 6.45) is 0. The normalized spacial score (nSPS) is 9.95. The van der Waals surface area contributed by atoms with Crippen LogP contribution in [0.5, 0.6) is 0 Å². The maximum absolute atomic E-state index is 10.6. The highest BCUT2D eigenvalue weighted by Gasteiger charge is 2.12. The van der Waals surface area contributed by atoms with Gasteiger partial charge in [-0.3, -0.25) is 10.1 Å². The van der Waals surface area contributed by atoms with Crippen LogP contribution in [-0.4, -0.2) is 14.9 Å². The largest absolute Gasteiger partial charge is 0.269 e. The number of nitro groups is 1. The molecule has 0 radical (unpaired) electrons. The van der Waals surface area contributed by atoms with Crippen LogP contribution in [0.1, 0.15) is 11.3 Å². The second-order valence-corrected chi connectivity index (χ2v) is 4.07. The summed E-state index contributed by atoms with van der Waals surface area (Å²) in [6.45, 7) is 1.65. The van der Waals surface area contributed by atoms with Crippen LogP contribution in [-0.2, 0) is 0 Å². The fourth-order valence-corrected chi connectivity index (χ4v) is 1.79. The average Bonchev–Trinajstić information content (AvgIpc) is 2.38. The van der Waals surface area contributed by atoms with Gasteiger partial charge in [0.25, 0.3) is 5.69 Å². The molecule has 0 unspecified atom stereocenters. The van der Waals surface area contributed by atoms with Crippen LogP contribution in [0.4, 0.5) is 5.69 Å². The summed E-state index contributed by atoms with van der Waals surface area (Å²) in [6, 6.07) is 7.72. The number of non-ortho nitro benzene ring substituents is 1. The first-order valence-corrected chi connectivity index (χ1v) is 5.60. The second kappa shape index (κ2) is 5.00. The first-order chi connectivity index (χ1) is 9.02. The van der Waals surface area contributed by atoms with Crippen molar-refractivity contribution in [3.8, 4) is 17.5 Å². The molecule has 19 heavy (non-hydrogen) atoms. The fraction of sp³-hybridized carbons (Fsp3) is 0.0833. The molecule has 0 saturated heterocycles. The first-order valence-electron chi connectivity index (χ1n) is 5.22. The van der Waals surface area contributed by atoms with E-state index in [-0.39, 0.29) is 16.4 Å². The van der Waals surface area contributed by atoms with Gasteiger partial charge in [-0.05, 0) is 19.1 Å². The molecule has 6 nitrogen and oxygen atoms in total. The van der Waals surface area contributed by atoms with Crippen molar-refractivity contribution in [2.45, 2.75) is 6.92 Å². The molecule has 2 aromatic rings. The zero-order chi connectivity index (χ0) is 14.0. The minimum absolute atomic E-state index is 0.0137. The molecule has 0 aliphatic carbocycles. The summed E-state index contributed by atoms with van der Waals surface area (Å²) in [5.41, 5.74) is 1.28. The summed E-state index contributed by atoms with van der Waals surface area (Å²) in [4.78, 5) is 18.2. The molecule has 0 bridgehead atoms. The predicted molar refractivity (Wildman–Crippen MR) is 68.6 cm³/mol. The van der Waals surface area contributed by atoms with E-state index in [0.717, 1.165) is 0 Å². The number of aryl methyl sites for hydroxylation is 1. The highest BCUT2D eigenvalue weighted by atomic mass is 35.5. The Labute approximate surface area is 113 Å². The summed E-state index contributed by atoms with van der Waals surface area (Å²) in [5, 5.41) is 19.5. The van der Waals surface area contributed by atoms with Gasteiger partial charge >= 0.3 is 0 Å². The Kier molecular flexibility index (Phi) is 3.40. The van der Waals surface area contributed by atoms with Gasteiger partial charge in [0, 0.05) is 17.7 Å². The third kappa shape index (κ3) is 2.51. The van der Waals surface area contributed by atoms with Gasteiger partial charge in [-0.25, -0.2) is 9.97 Å². The number of hydrogen-bond acceptors (Lipinski definition) is 5. The Balaban J connectivity index is 2.48. The van der Waals surface area contributed by atoms with Crippen molar-refractivity contribution in [2.24, 2.45) is 0 Å². The lowest BCUT2D eigenvalue weighted by molar-refractivity contribution is -0.384. The van der Waals surface area contributed by atoms with E-state index < -0.39 is 4.92 Å². The molecule has 1 heterocycles. The zero-order valence-electron chi connectivity index (χ0n) is 9.79. The molecule has 0 aliphatic rings. The predicted octanol–water partition coefficient (Wildman–Crippen LogP) is 2.89. The molecular formula is C12H7ClN4O2. The highest BCUT2D eigenvalue weighted by molar-refractivity contribution is 6.30. The third-order valence-electron chi connectivity index (χ3n) is 2.49. The summed E-state index contributed by atoms with van der Waals surface area (Å²) in [5.74, 6) is 0.330. The smallest absolute Gasteiger partial charge is 0.258 e. The van der Waals surface area contributed by atoms with Crippen LogP contribution < -0.4 is 0 Å². The summed E-state index contributed by atoms with van der Waals surface area (Å²) >= 11 is 5.88. The Morgan fingerprint density at radius 3 is 2.42 bits per heavy atom. The Bertz CT molecular complexity index is 669. The third-order valence-corrected chi connectivity index (χ3v) is 2.77. The van der Waals surface area contributed by atoms with Crippen LogP contribution in [0.25, 0.3) is 11.4 Å². The van der Waals surface area contributed by atoms with Crippen molar-refractivity contribution in [3.63, 3.8) is 0 Å². The molecule has 0 atom stereocenters. The number of nitrogens with zero attached hydrogens (tertiary/aromatic N) is 4. The molecule has 94 valence electrons. The van der Waals surface area contributed by atoms with Crippen LogP contribution in [0.2, 0.25) is 5.15 Å². The van der Waals surface area contributed by atoms with E-state index in [9.17, 15) is 10.1 Å². The second-order valence-electron chi connectivity index (χ2n) is 3.71. The van der Waals surface area contributed by atoms with Crippen molar-refractivity contribution < 1.29 is 4.92 Å². The van der Waals surface area contributed by atoms with Gasteiger partial charge in [-0.2, -0.15) is 5.26 Å². The molecule has 0 aliphatic heterocycles. The molecule has 1 aromatic heterocycles. The molecule has 0 N–H and O–H groups in total. The first kappa shape index (κ1) is 12.9. The van der Waals surface area contributed by atoms with Gasteiger partial charge in [0.2, 0.25) is 0 Å². The molecule has 7 heteroatoms. The summed E-state index contributed by atoms with van der Waals surface area (Å²) in [7, 11) is 0. The van der Waals surface area contributed by atoms with Gasteiger partial charge in [0.15, 0.2) is 11.0 Å². The van der Waals surface area contributed by atoms with Gasteiger partial charge in [-0.15, -0.1) is 0 Å². The lowest BCUT2D eigenvalue weighted by atomic mass is 10.2. The monoisotopic (exact) mass is 274 g/mol. The maximum atomic E-state index is 10.6. The van der Waals surface area contributed by atoms with Crippen molar-refractivity contribution in [1.29, 1.82) is 5.26 Å². The summed E-state index contributed by atoms with van der Waals surface area (Å²) < 4.78 is 0. The number of nitriles is 1. The highest BCUT2D eigenvalue weighted by Crippen LogP contribution is 2.23. The molecule has 2 rings (SSSR count). The van der Waals surface area contributed by atoms with Crippen molar-refractivity contribution >= 4 is 17.3 Å². The molecule has 0 fully saturated rings. The van der Waals surface area contributed by atoms with E-state index in [0.29, 0.717) is 17.1 Å². The van der Waals surface area contributed by atoms with Crippen LogP contribution in [0, 0.1) is 28.4 Å². The minimum atomic E-state index is -0.484. The Hall–Kier alpha value is -2.52. The van der Waals surface area contributed by atoms with E-state index in [1.165, 1.54) is 24.3 Å². The number of rotatable bonds is 2. The van der Waals surface area contributed by atoms with Gasteiger partial charge in [0.05, 0.1) is 10.6 Å². The maximum Gasteiger partial charge on any atom is 0.269 e. The molecule has 0 amide bonds. The fourth-order valence-electron chi connectivity index (χ4n) is 1.53. The van der Waals surface area contributed by atoms with Gasteiger partial charge in [-0.1, -0.05) is 11.6 Å². The van der Waals surface area contributed by atoms with Gasteiger partial charge in [0.1, 0.15) is 11.6 Å². The minimum Gasteiger partial charge on any atom is -0.258 e. The lowest BCUT2D eigenvalue weighted by Gasteiger charge is -2.04. The number of aromatic nitrogens is 2. The van der Waals surface area contributed by atoms with Crippen LogP contribution in [0.15, 0.2) is 24.3 Å². The number of nitro benzene ring substituents is 1. The molecule has 0 saturated carbocycles. The van der Waals surface area contributed by atoms with E-state index in [1.807, 2.05) is 6.07 Å². The number of hydrogen-bond donors (Lipinski definition) is 0. The van der Waals surface area contributed by atoms with E-state index in [1.54, 1.807) is 6.92 Å². The van der Waals surface area contributed by atoms with E-state index in [2.05, 4.69) is 9.97 Å². The molecule has 1 aromatic carbocycles. The van der Waals surface area contributed by atoms with E-state index >= 15 is 0 Å². The standard InChI is InChI=1S/C12H7ClN4O2/c1-7-10(6-14)11(13)16-12(15-7)8-2-4-9(5-3-8)17(18)19/h2-5H,1H3. The number of halogens is 1. The van der Waals surface area contributed by atoms with E-state index in [4.69, 9.17) is 16.9 Å². The SMILES string of the molecule is Cc1nc(-c2ccc([N+](=O)[O-])cc2)nc(Cl)c1C#N. The van der Waals surface area contributed by atoms with Crippen LogP contribution in [0.3, 0.4) is 0 Å². The zero-order valence-corrected chi connectivity index (χ0v) is 10.5. The van der Waals surface area contributed by atoms with Crippen LogP contribution >= 0.6 is 11.6 Å². The Morgan fingerprint density at radius 1 is 1.32 bits per heavy atom. The van der Waals surface area contributed by atoms with Crippen molar-refractivity contribution in [3.05, 3.63) is 50.8 Å². The van der Waals surface area contributed by atoms with Crippen molar-refractivity contribution in [1.82, 2.24) is 9.97 Å². The lowest BCUT2D eigenvalue weighted by Crippen LogP contribution is -1.97. The van der Waals surface area contributed by atoms with Gasteiger partial charge < -0.3 is 0 Å². The Morgan fingerprint density at radius 2 is 1.95 bits per heavy atom. The molecule has 0 spiro atoms. The molecular weight excluding hydrogens is 268 g/mol. The average molecular weight is 275 g/mol. The quantitative estimate of drug-likeness (QED) is 0.477. The topological polar surface area (TPSA) is 92.7 Å². The van der Waals surface area contributed by atoms with Crippen molar-refractivity contribution in [2.75, 3.05) is 0 Å².